The molecule has 1 unspecified atom stereocenters. The summed E-state index contributed by atoms with van der Waals surface area (Å²) in [5.41, 5.74) is 2.98. The van der Waals surface area contributed by atoms with Crippen molar-refractivity contribution in [2.75, 3.05) is 10.8 Å². The summed E-state index contributed by atoms with van der Waals surface area (Å²) in [5.74, 6) is -0.784. The molecule has 0 radical (unpaired) electrons. The van der Waals surface area contributed by atoms with E-state index < -0.39 is 28.5 Å². The summed E-state index contributed by atoms with van der Waals surface area (Å²) < 4.78 is 28.9. The Morgan fingerprint density at radius 2 is 1.48 bits per heavy atom. The number of sulfonamides is 1. The molecular weight excluding hydrogens is 593 g/mol. The Morgan fingerprint density at radius 1 is 0.881 bits per heavy atom. The molecule has 3 aromatic carbocycles. The van der Waals surface area contributed by atoms with Crippen molar-refractivity contribution in [3.63, 3.8) is 0 Å². The van der Waals surface area contributed by atoms with Crippen molar-refractivity contribution in [3.05, 3.63) is 93.5 Å². The van der Waals surface area contributed by atoms with Gasteiger partial charge in [0.1, 0.15) is 12.6 Å². The van der Waals surface area contributed by atoms with Gasteiger partial charge in [0, 0.05) is 12.6 Å². The number of nitrogens with one attached hydrogen (secondary N) is 1. The molecule has 1 saturated carbocycles. The summed E-state index contributed by atoms with van der Waals surface area (Å²) in [6.07, 6.45) is 5.08. The molecule has 0 saturated heterocycles. The van der Waals surface area contributed by atoms with E-state index in [0.717, 1.165) is 53.1 Å². The summed E-state index contributed by atoms with van der Waals surface area (Å²) in [6, 6.07) is 17.7. The van der Waals surface area contributed by atoms with E-state index in [9.17, 15) is 18.0 Å². The van der Waals surface area contributed by atoms with E-state index in [1.165, 1.54) is 35.2 Å². The molecule has 0 aromatic heterocycles. The number of aryl methyl sites for hydroxylation is 2. The van der Waals surface area contributed by atoms with Crippen LogP contribution in [0.4, 0.5) is 5.69 Å². The van der Waals surface area contributed by atoms with Crippen LogP contribution < -0.4 is 9.62 Å². The minimum atomic E-state index is -4.19. The molecule has 0 heterocycles. The topological polar surface area (TPSA) is 86.8 Å². The van der Waals surface area contributed by atoms with Crippen LogP contribution in [0.2, 0.25) is 10.0 Å². The third-order valence-corrected chi connectivity index (χ3v) is 10.2. The van der Waals surface area contributed by atoms with Gasteiger partial charge in [0.25, 0.3) is 10.0 Å². The SMILES string of the molecule is Cc1ccc(CN(C(=O)CN(c2ccc(Cl)c(Cl)c2)S(=O)(=O)c2ccc(C)cc2)C(C)C(=O)NC2CCCCC2)cc1. The van der Waals surface area contributed by atoms with Crippen molar-refractivity contribution in [2.24, 2.45) is 0 Å². The van der Waals surface area contributed by atoms with Gasteiger partial charge < -0.3 is 10.2 Å². The molecule has 42 heavy (non-hydrogen) atoms. The zero-order valence-corrected chi connectivity index (χ0v) is 26.5. The summed E-state index contributed by atoms with van der Waals surface area (Å²) in [4.78, 5) is 29.0. The molecule has 10 heteroatoms. The predicted molar refractivity (Wildman–Crippen MR) is 168 cm³/mol. The molecule has 0 bridgehead atoms. The number of nitrogens with zero attached hydrogens (tertiary/aromatic N) is 2. The van der Waals surface area contributed by atoms with Crippen molar-refractivity contribution in [2.45, 2.75) is 76.4 Å². The summed E-state index contributed by atoms with van der Waals surface area (Å²) in [5, 5.41) is 3.53. The van der Waals surface area contributed by atoms with Crippen molar-refractivity contribution >= 4 is 50.7 Å². The van der Waals surface area contributed by atoms with Crippen LogP contribution in [-0.4, -0.2) is 43.8 Å². The van der Waals surface area contributed by atoms with E-state index in [-0.39, 0.29) is 39.1 Å². The summed E-state index contributed by atoms with van der Waals surface area (Å²) in [7, 11) is -4.19. The third kappa shape index (κ3) is 7.85. The Hall–Kier alpha value is -3.07. The van der Waals surface area contributed by atoms with E-state index >= 15 is 0 Å². The lowest BCUT2D eigenvalue weighted by Gasteiger charge is -2.33. The maximum absolute atomic E-state index is 14.1. The van der Waals surface area contributed by atoms with Crippen molar-refractivity contribution in [3.8, 4) is 0 Å². The van der Waals surface area contributed by atoms with Crippen molar-refractivity contribution in [1.82, 2.24) is 10.2 Å². The molecule has 1 N–H and O–H groups in total. The summed E-state index contributed by atoms with van der Waals surface area (Å²) >= 11 is 12.4. The number of benzene rings is 3. The van der Waals surface area contributed by atoms with Crippen LogP contribution in [0, 0.1) is 13.8 Å². The fourth-order valence-electron chi connectivity index (χ4n) is 5.05. The van der Waals surface area contributed by atoms with Crippen LogP contribution in [-0.2, 0) is 26.2 Å². The minimum absolute atomic E-state index is 0.0279. The largest absolute Gasteiger partial charge is 0.352 e. The number of anilines is 1. The van der Waals surface area contributed by atoms with Crippen LogP contribution in [0.3, 0.4) is 0 Å². The van der Waals surface area contributed by atoms with Crippen LogP contribution in [0.15, 0.2) is 71.6 Å². The van der Waals surface area contributed by atoms with Crippen molar-refractivity contribution in [1.29, 1.82) is 0 Å². The third-order valence-electron chi connectivity index (χ3n) is 7.67. The van der Waals surface area contributed by atoms with E-state index in [1.54, 1.807) is 19.1 Å². The fraction of sp³-hybridized carbons (Fsp3) is 0.375. The fourth-order valence-corrected chi connectivity index (χ4v) is 6.75. The Morgan fingerprint density at radius 3 is 2.07 bits per heavy atom. The molecule has 1 fully saturated rings. The van der Waals surface area contributed by atoms with Gasteiger partial charge in [0.15, 0.2) is 0 Å². The highest BCUT2D eigenvalue weighted by atomic mass is 35.5. The van der Waals surface area contributed by atoms with Gasteiger partial charge in [-0.05, 0) is 69.5 Å². The average molecular weight is 631 g/mol. The van der Waals surface area contributed by atoms with Crippen LogP contribution in [0.25, 0.3) is 0 Å². The standard InChI is InChI=1S/C32H37Cl2N3O4S/c1-22-9-13-25(14-10-22)20-36(24(3)32(39)35-26-7-5-4-6-8-26)31(38)21-37(27-15-18-29(33)30(34)19-27)42(40,41)28-16-11-23(2)12-17-28/h9-19,24,26H,4-8,20-21H2,1-3H3,(H,35,39). The maximum atomic E-state index is 14.1. The minimum Gasteiger partial charge on any atom is -0.352 e. The molecule has 0 aliphatic heterocycles. The summed E-state index contributed by atoms with van der Waals surface area (Å²) in [6.45, 7) is 5.11. The number of rotatable bonds is 10. The Balaban J connectivity index is 1.69. The Kier molecular flexibility index (Phi) is 10.6. The molecule has 1 aliphatic carbocycles. The van der Waals surface area contributed by atoms with Crippen molar-refractivity contribution < 1.29 is 18.0 Å². The quantitative estimate of drug-likeness (QED) is 0.271. The smallest absolute Gasteiger partial charge is 0.264 e. The van der Waals surface area contributed by atoms with E-state index in [0.29, 0.717) is 0 Å². The highest BCUT2D eigenvalue weighted by Gasteiger charge is 2.33. The predicted octanol–water partition coefficient (Wildman–Crippen LogP) is 6.67. The first-order valence-corrected chi connectivity index (χ1v) is 16.3. The lowest BCUT2D eigenvalue weighted by atomic mass is 9.95. The van der Waals surface area contributed by atoms with Gasteiger partial charge in [-0.25, -0.2) is 8.42 Å². The first-order valence-electron chi connectivity index (χ1n) is 14.2. The van der Waals surface area contributed by atoms with E-state index in [2.05, 4.69) is 5.32 Å². The molecule has 0 spiro atoms. The van der Waals surface area contributed by atoms with E-state index in [4.69, 9.17) is 23.2 Å². The lowest BCUT2D eigenvalue weighted by molar-refractivity contribution is -0.139. The van der Waals surface area contributed by atoms with E-state index in [1.807, 2.05) is 38.1 Å². The zero-order chi connectivity index (χ0) is 30.4. The van der Waals surface area contributed by atoms with Gasteiger partial charge in [0.05, 0.1) is 20.6 Å². The lowest BCUT2D eigenvalue weighted by Crippen LogP contribution is -2.53. The molecule has 7 nitrogen and oxygen atoms in total. The number of halogens is 2. The number of amides is 2. The zero-order valence-electron chi connectivity index (χ0n) is 24.1. The van der Waals surface area contributed by atoms with Gasteiger partial charge in [0.2, 0.25) is 11.8 Å². The highest BCUT2D eigenvalue weighted by Crippen LogP contribution is 2.31. The van der Waals surface area contributed by atoms with Gasteiger partial charge in [-0.2, -0.15) is 0 Å². The monoisotopic (exact) mass is 629 g/mol. The van der Waals surface area contributed by atoms with Gasteiger partial charge in [-0.3, -0.25) is 13.9 Å². The number of carbonyl (C=O) groups is 2. The Bertz CT molecular complexity index is 1510. The first-order chi connectivity index (χ1) is 20.0. The maximum Gasteiger partial charge on any atom is 0.264 e. The normalized spacial score (nSPS) is 14.7. The second-order valence-corrected chi connectivity index (χ2v) is 13.6. The van der Waals surface area contributed by atoms with Gasteiger partial charge in [-0.15, -0.1) is 0 Å². The molecule has 224 valence electrons. The molecule has 4 rings (SSSR count). The first kappa shape index (κ1) is 31.9. The molecule has 2 amide bonds. The average Bonchev–Trinajstić information content (AvgIpc) is 2.97. The molecule has 3 aromatic rings. The molecular formula is C32H37Cl2N3O4S. The number of carbonyl (C=O) groups excluding carboxylic acids is 2. The molecule has 1 atom stereocenters. The highest BCUT2D eigenvalue weighted by molar-refractivity contribution is 7.92. The second kappa shape index (κ2) is 13.9. The van der Waals surface area contributed by atoms with Gasteiger partial charge in [-0.1, -0.05) is 90.0 Å². The van der Waals surface area contributed by atoms with Crippen LogP contribution >= 0.6 is 23.2 Å². The van der Waals surface area contributed by atoms with Crippen LogP contribution in [0.1, 0.15) is 55.7 Å². The number of hydrogen-bond acceptors (Lipinski definition) is 4. The van der Waals surface area contributed by atoms with Crippen LogP contribution in [0.5, 0.6) is 0 Å². The second-order valence-electron chi connectivity index (χ2n) is 10.9. The Labute approximate surface area is 258 Å². The number of hydrogen-bond donors (Lipinski definition) is 1. The van der Waals surface area contributed by atoms with Gasteiger partial charge >= 0.3 is 0 Å². The molecule has 1 aliphatic rings.